The van der Waals surface area contributed by atoms with Gasteiger partial charge in [-0.25, -0.2) is 0 Å². The van der Waals surface area contributed by atoms with Crippen LogP contribution in [0.2, 0.25) is 0 Å². The Kier molecular flexibility index (Phi) is 4.75. The molecule has 0 aromatic heterocycles. The Bertz CT molecular complexity index is 823. The summed E-state index contributed by atoms with van der Waals surface area (Å²) in [7, 11) is 1.56. The summed E-state index contributed by atoms with van der Waals surface area (Å²) < 4.78 is 5.09. The number of methoxy groups -OCH3 is 1. The number of carbonyl (C=O) groups excluding carboxylic acids is 3. The molecule has 0 aliphatic carbocycles. The van der Waals surface area contributed by atoms with Gasteiger partial charge in [0, 0.05) is 5.69 Å². The van der Waals surface area contributed by atoms with Gasteiger partial charge < -0.3 is 10.1 Å². The molecule has 26 heavy (non-hydrogen) atoms. The number of fused-ring (bicyclic) bond motifs is 1. The lowest BCUT2D eigenvalue weighted by Gasteiger charge is -2.28. The third-order valence-corrected chi connectivity index (χ3v) is 4.36. The molecule has 0 bridgehead atoms. The van der Waals surface area contributed by atoms with Gasteiger partial charge in [-0.15, -0.1) is 0 Å². The number of amides is 3. The minimum Gasteiger partial charge on any atom is -0.497 e. The second-order valence-electron chi connectivity index (χ2n) is 6.43. The highest BCUT2D eigenvalue weighted by molar-refractivity contribution is 6.23. The molecule has 3 amide bonds. The van der Waals surface area contributed by atoms with E-state index in [-0.39, 0.29) is 5.92 Å². The molecule has 6 nitrogen and oxygen atoms in total. The van der Waals surface area contributed by atoms with Crippen LogP contribution in [0.5, 0.6) is 5.75 Å². The Hall–Kier alpha value is -3.15. The van der Waals surface area contributed by atoms with E-state index in [1.807, 2.05) is 13.8 Å². The number of imide groups is 1. The molecular weight excluding hydrogens is 332 g/mol. The van der Waals surface area contributed by atoms with Crippen LogP contribution in [0.4, 0.5) is 5.69 Å². The van der Waals surface area contributed by atoms with E-state index in [2.05, 4.69) is 5.32 Å². The van der Waals surface area contributed by atoms with Crippen LogP contribution in [0.25, 0.3) is 0 Å². The zero-order chi connectivity index (χ0) is 18.8. The lowest BCUT2D eigenvalue weighted by atomic mass is 10.0. The standard InChI is InChI=1S/C20H20N2O4/c1-12(2)17(18(23)21-13-8-10-14(26-3)11-9-13)22-19(24)15-6-4-5-7-16(15)20(22)25/h4-12,17H,1-3H3,(H,21,23). The Morgan fingerprint density at radius 3 is 1.96 bits per heavy atom. The van der Waals surface area contributed by atoms with Crippen molar-refractivity contribution in [1.82, 2.24) is 4.90 Å². The van der Waals surface area contributed by atoms with Crippen LogP contribution in [0.3, 0.4) is 0 Å². The van der Waals surface area contributed by atoms with Crippen molar-refractivity contribution in [3.05, 3.63) is 59.7 Å². The maximum absolute atomic E-state index is 12.8. The van der Waals surface area contributed by atoms with Gasteiger partial charge in [0.2, 0.25) is 5.91 Å². The summed E-state index contributed by atoms with van der Waals surface area (Å²) in [5, 5.41) is 2.78. The highest BCUT2D eigenvalue weighted by Gasteiger charge is 2.43. The normalized spacial score (nSPS) is 14.4. The molecule has 1 unspecified atom stereocenters. The highest BCUT2D eigenvalue weighted by Crippen LogP contribution is 2.28. The average Bonchev–Trinajstić information content (AvgIpc) is 2.88. The molecule has 1 heterocycles. The van der Waals surface area contributed by atoms with Gasteiger partial charge in [0.1, 0.15) is 11.8 Å². The van der Waals surface area contributed by atoms with Gasteiger partial charge in [-0.1, -0.05) is 26.0 Å². The summed E-state index contributed by atoms with van der Waals surface area (Å²) in [5.41, 5.74) is 1.24. The molecule has 0 fully saturated rings. The van der Waals surface area contributed by atoms with E-state index in [0.29, 0.717) is 22.6 Å². The maximum Gasteiger partial charge on any atom is 0.262 e. The third kappa shape index (κ3) is 3.06. The fourth-order valence-corrected chi connectivity index (χ4v) is 3.07. The summed E-state index contributed by atoms with van der Waals surface area (Å²) in [5.74, 6) is -0.845. The summed E-state index contributed by atoms with van der Waals surface area (Å²) >= 11 is 0. The summed E-state index contributed by atoms with van der Waals surface area (Å²) in [6, 6.07) is 12.6. The first-order valence-corrected chi connectivity index (χ1v) is 8.36. The lowest BCUT2D eigenvalue weighted by Crippen LogP contribution is -2.50. The van der Waals surface area contributed by atoms with Gasteiger partial charge >= 0.3 is 0 Å². The summed E-state index contributed by atoms with van der Waals surface area (Å²) in [6.45, 7) is 3.61. The van der Waals surface area contributed by atoms with Crippen molar-refractivity contribution in [2.45, 2.75) is 19.9 Å². The molecule has 0 radical (unpaired) electrons. The monoisotopic (exact) mass is 352 g/mol. The van der Waals surface area contributed by atoms with Gasteiger partial charge in [-0.2, -0.15) is 0 Å². The van der Waals surface area contributed by atoms with E-state index >= 15 is 0 Å². The Labute approximate surface area is 151 Å². The number of carbonyl (C=O) groups is 3. The van der Waals surface area contributed by atoms with E-state index in [1.54, 1.807) is 55.6 Å². The maximum atomic E-state index is 12.8. The summed E-state index contributed by atoms with van der Waals surface area (Å²) in [4.78, 5) is 39.3. The van der Waals surface area contributed by atoms with E-state index in [4.69, 9.17) is 4.74 Å². The van der Waals surface area contributed by atoms with Crippen molar-refractivity contribution >= 4 is 23.4 Å². The average molecular weight is 352 g/mol. The molecule has 134 valence electrons. The van der Waals surface area contributed by atoms with Crippen LogP contribution in [-0.4, -0.2) is 35.8 Å². The van der Waals surface area contributed by atoms with Crippen molar-refractivity contribution in [3.8, 4) is 5.75 Å². The molecule has 1 aliphatic rings. The molecule has 1 atom stereocenters. The minimum atomic E-state index is -0.899. The fraction of sp³-hybridized carbons (Fsp3) is 0.250. The Morgan fingerprint density at radius 1 is 0.962 bits per heavy atom. The SMILES string of the molecule is COc1ccc(NC(=O)C(C(C)C)N2C(=O)c3ccccc3C2=O)cc1. The van der Waals surface area contributed by atoms with Gasteiger partial charge in [-0.05, 0) is 42.3 Å². The van der Waals surface area contributed by atoms with E-state index in [0.717, 1.165) is 4.90 Å². The van der Waals surface area contributed by atoms with E-state index in [9.17, 15) is 14.4 Å². The molecule has 2 aromatic rings. The van der Waals surface area contributed by atoms with Gasteiger partial charge in [0.25, 0.3) is 11.8 Å². The Balaban J connectivity index is 1.86. The van der Waals surface area contributed by atoms with Crippen molar-refractivity contribution in [3.63, 3.8) is 0 Å². The predicted molar refractivity (Wildman–Crippen MR) is 97.2 cm³/mol. The van der Waals surface area contributed by atoms with E-state index < -0.39 is 23.8 Å². The predicted octanol–water partition coefficient (Wildman–Crippen LogP) is 2.95. The molecule has 0 spiro atoms. The van der Waals surface area contributed by atoms with E-state index in [1.165, 1.54) is 0 Å². The zero-order valence-corrected chi connectivity index (χ0v) is 14.9. The first kappa shape index (κ1) is 17.7. The largest absolute Gasteiger partial charge is 0.497 e. The van der Waals surface area contributed by atoms with Crippen molar-refractivity contribution < 1.29 is 19.1 Å². The van der Waals surface area contributed by atoms with Crippen LogP contribution >= 0.6 is 0 Å². The van der Waals surface area contributed by atoms with Gasteiger partial charge in [0.05, 0.1) is 18.2 Å². The van der Waals surface area contributed by atoms with Crippen LogP contribution in [0.1, 0.15) is 34.6 Å². The molecule has 0 saturated carbocycles. The molecular formula is C20H20N2O4. The van der Waals surface area contributed by atoms with Gasteiger partial charge in [0.15, 0.2) is 0 Å². The van der Waals surface area contributed by atoms with Crippen molar-refractivity contribution in [2.75, 3.05) is 12.4 Å². The first-order valence-electron chi connectivity index (χ1n) is 8.36. The summed E-state index contributed by atoms with van der Waals surface area (Å²) in [6.07, 6.45) is 0. The third-order valence-electron chi connectivity index (χ3n) is 4.36. The second-order valence-corrected chi connectivity index (χ2v) is 6.43. The highest BCUT2D eigenvalue weighted by atomic mass is 16.5. The Morgan fingerprint density at radius 2 is 1.50 bits per heavy atom. The molecule has 1 N–H and O–H groups in total. The van der Waals surface area contributed by atoms with Crippen LogP contribution in [0.15, 0.2) is 48.5 Å². The molecule has 2 aromatic carbocycles. The number of nitrogens with one attached hydrogen (secondary N) is 1. The smallest absolute Gasteiger partial charge is 0.262 e. The number of ether oxygens (including phenoxy) is 1. The molecule has 1 aliphatic heterocycles. The lowest BCUT2D eigenvalue weighted by molar-refractivity contribution is -0.121. The molecule has 0 saturated heterocycles. The number of hydrogen-bond donors (Lipinski definition) is 1. The quantitative estimate of drug-likeness (QED) is 0.840. The number of rotatable bonds is 5. The van der Waals surface area contributed by atoms with Gasteiger partial charge in [-0.3, -0.25) is 19.3 Å². The molecule has 6 heteroatoms. The van der Waals surface area contributed by atoms with Crippen LogP contribution in [0, 0.1) is 5.92 Å². The number of benzene rings is 2. The molecule has 3 rings (SSSR count). The first-order chi connectivity index (χ1) is 12.4. The number of anilines is 1. The van der Waals surface area contributed by atoms with Crippen molar-refractivity contribution in [2.24, 2.45) is 5.92 Å². The van der Waals surface area contributed by atoms with Crippen LogP contribution in [-0.2, 0) is 4.79 Å². The number of hydrogen-bond acceptors (Lipinski definition) is 4. The number of nitrogens with zero attached hydrogens (tertiary/aromatic N) is 1. The zero-order valence-electron chi connectivity index (χ0n) is 14.9. The topological polar surface area (TPSA) is 75.7 Å². The van der Waals surface area contributed by atoms with Crippen LogP contribution < -0.4 is 10.1 Å². The fourth-order valence-electron chi connectivity index (χ4n) is 3.07. The minimum absolute atomic E-state index is 0.240. The van der Waals surface area contributed by atoms with Crippen molar-refractivity contribution in [1.29, 1.82) is 0 Å². The second kappa shape index (κ2) is 7.00.